The number of rotatable bonds is 4. The van der Waals surface area contributed by atoms with Crippen molar-refractivity contribution < 1.29 is 17.2 Å². The summed E-state index contributed by atoms with van der Waals surface area (Å²) in [5.41, 5.74) is 2.02. The van der Waals surface area contributed by atoms with Crippen molar-refractivity contribution in [2.75, 3.05) is 6.26 Å². The molecule has 1 heterocycles. The Balaban J connectivity index is 2.15. The molecule has 26 heavy (non-hydrogen) atoms. The lowest BCUT2D eigenvalue weighted by Gasteiger charge is -2.10. The molecule has 0 fully saturated rings. The maximum atomic E-state index is 13.2. The van der Waals surface area contributed by atoms with Crippen LogP contribution in [-0.2, 0) is 9.84 Å². The Hall–Kier alpha value is -2.25. The highest BCUT2D eigenvalue weighted by molar-refractivity contribution is 7.90. The van der Waals surface area contributed by atoms with Crippen LogP contribution in [0.15, 0.2) is 53.4 Å². The summed E-state index contributed by atoms with van der Waals surface area (Å²) in [4.78, 5) is 0.156. The van der Waals surface area contributed by atoms with E-state index in [-0.39, 0.29) is 10.6 Å². The summed E-state index contributed by atoms with van der Waals surface area (Å²) >= 11 is 6.03. The molecule has 0 amide bonds. The molecule has 0 spiro atoms. The van der Waals surface area contributed by atoms with Crippen LogP contribution in [0.2, 0.25) is 5.02 Å². The van der Waals surface area contributed by atoms with Gasteiger partial charge in [-0.15, -0.1) is 0 Å². The van der Waals surface area contributed by atoms with Gasteiger partial charge in [0, 0.05) is 16.8 Å². The Morgan fingerprint density at radius 1 is 1.08 bits per heavy atom. The van der Waals surface area contributed by atoms with Crippen molar-refractivity contribution in [3.05, 3.63) is 64.8 Å². The number of sulfone groups is 1. The van der Waals surface area contributed by atoms with E-state index in [1.807, 2.05) is 6.92 Å². The summed E-state index contributed by atoms with van der Waals surface area (Å²) in [6.45, 7) is 1.81. The lowest BCUT2D eigenvalue weighted by molar-refractivity contribution is 0.145. The standard InChI is InChI=1S/C18H15ClF2N2O2S/c1-11-9-13(5-8-15(11)19)23-17(10-16(22-23)18(20)21)12-3-6-14(7-4-12)26(2,24)25/h3-10,18H,1-2H3. The smallest absolute Gasteiger partial charge is 0.233 e. The first kappa shape index (κ1) is 18.5. The third kappa shape index (κ3) is 3.64. The van der Waals surface area contributed by atoms with Gasteiger partial charge in [-0.25, -0.2) is 21.9 Å². The van der Waals surface area contributed by atoms with Gasteiger partial charge in [-0.05, 0) is 48.9 Å². The van der Waals surface area contributed by atoms with Gasteiger partial charge in [0.2, 0.25) is 0 Å². The van der Waals surface area contributed by atoms with Crippen LogP contribution >= 0.6 is 11.6 Å². The van der Waals surface area contributed by atoms with Crippen molar-refractivity contribution in [2.24, 2.45) is 0 Å². The van der Waals surface area contributed by atoms with Crippen molar-refractivity contribution in [3.63, 3.8) is 0 Å². The molecule has 4 nitrogen and oxygen atoms in total. The number of aromatic nitrogens is 2. The van der Waals surface area contributed by atoms with Gasteiger partial charge in [-0.1, -0.05) is 23.7 Å². The molecule has 0 bridgehead atoms. The molecule has 8 heteroatoms. The Bertz CT molecular complexity index is 1060. The second-order valence-corrected chi connectivity index (χ2v) is 8.32. The monoisotopic (exact) mass is 396 g/mol. The minimum Gasteiger partial charge on any atom is -0.233 e. The first-order valence-electron chi connectivity index (χ1n) is 7.62. The van der Waals surface area contributed by atoms with Crippen LogP contribution < -0.4 is 0 Å². The summed E-state index contributed by atoms with van der Waals surface area (Å²) in [7, 11) is -3.34. The molecule has 0 unspecified atom stereocenters. The van der Waals surface area contributed by atoms with E-state index in [0.29, 0.717) is 22.0 Å². The number of benzene rings is 2. The van der Waals surface area contributed by atoms with E-state index >= 15 is 0 Å². The zero-order valence-corrected chi connectivity index (χ0v) is 15.5. The molecule has 0 N–H and O–H groups in total. The summed E-state index contributed by atoms with van der Waals surface area (Å²) in [5, 5.41) is 4.57. The number of nitrogens with zero attached hydrogens (tertiary/aromatic N) is 2. The zero-order valence-electron chi connectivity index (χ0n) is 13.9. The molecule has 0 aliphatic heterocycles. The third-order valence-electron chi connectivity index (χ3n) is 3.92. The maximum absolute atomic E-state index is 13.2. The molecular formula is C18H15ClF2N2O2S. The van der Waals surface area contributed by atoms with Gasteiger partial charge in [0.05, 0.1) is 16.3 Å². The first-order valence-corrected chi connectivity index (χ1v) is 9.89. The first-order chi connectivity index (χ1) is 12.2. The predicted molar refractivity (Wildman–Crippen MR) is 96.8 cm³/mol. The number of alkyl halides is 2. The normalized spacial score (nSPS) is 11.9. The molecule has 0 atom stereocenters. The molecule has 136 valence electrons. The summed E-state index contributed by atoms with van der Waals surface area (Å²) in [5.74, 6) is 0. The minimum absolute atomic E-state index is 0.156. The van der Waals surface area contributed by atoms with Gasteiger partial charge in [-0.2, -0.15) is 5.10 Å². The van der Waals surface area contributed by atoms with Gasteiger partial charge in [-0.3, -0.25) is 0 Å². The van der Waals surface area contributed by atoms with E-state index in [1.54, 1.807) is 30.3 Å². The second kappa shape index (κ2) is 6.81. The molecule has 3 aromatic rings. The molecule has 3 rings (SSSR count). The van der Waals surface area contributed by atoms with Crippen molar-refractivity contribution in [2.45, 2.75) is 18.2 Å². The van der Waals surface area contributed by atoms with E-state index < -0.39 is 16.3 Å². The van der Waals surface area contributed by atoms with E-state index in [1.165, 1.54) is 22.9 Å². The molecule has 0 saturated carbocycles. The highest BCUT2D eigenvalue weighted by Crippen LogP contribution is 2.30. The van der Waals surface area contributed by atoms with Gasteiger partial charge >= 0.3 is 0 Å². The highest BCUT2D eigenvalue weighted by Gasteiger charge is 2.18. The molecule has 0 radical (unpaired) electrons. The topological polar surface area (TPSA) is 52.0 Å². The summed E-state index contributed by atoms with van der Waals surface area (Å²) in [6, 6.07) is 12.4. The van der Waals surface area contributed by atoms with Crippen LogP contribution in [0.5, 0.6) is 0 Å². The Kier molecular flexibility index (Phi) is 4.86. The summed E-state index contributed by atoms with van der Waals surface area (Å²) < 4.78 is 51.0. The van der Waals surface area contributed by atoms with E-state index in [2.05, 4.69) is 5.10 Å². The fraction of sp³-hybridized carbons (Fsp3) is 0.167. The number of hydrogen-bond acceptors (Lipinski definition) is 3. The van der Waals surface area contributed by atoms with Crippen LogP contribution in [0, 0.1) is 6.92 Å². The maximum Gasteiger partial charge on any atom is 0.282 e. The largest absolute Gasteiger partial charge is 0.282 e. The number of halogens is 3. The fourth-order valence-corrected chi connectivity index (χ4v) is 3.29. The average molecular weight is 397 g/mol. The third-order valence-corrected chi connectivity index (χ3v) is 5.47. The highest BCUT2D eigenvalue weighted by atomic mass is 35.5. The minimum atomic E-state index is -3.34. The predicted octanol–water partition coefficient (Wildman–Crippen LogP) is 4.84. The van der Waals surface area contributed by atoms with Crippen LogP contribution in [0.1, 0.15) is 17.7 Å². The van der Waals surface area contributed by atoms with Gasteiger partial charge in [0.15, 0.2) is 9.84 Å². The lowest BCUT2D eigenvalue weighted by Crippen LogP contribution is -2.01. The van der Waals surface area contributed by atoms with Crippen molar-refractivity contribution in [3.8, 4) is 16.9 Å². The van der Waals surface area contributed by atoms with E-state index in [9.17, 15) is 17.2 Å². The fourth-order valence-electron chi connectivity index (χ4n) is 2.54. The van der Waals surface area contributed by atoms with Crippen LogP contribution in [0.4, 0.5) is 8.78 Å². The van der Waals surface area contributed by atoms with Crippen molar-refractivity contribution >= 4 is 21.4 Å². The number of hydrogen-bond donors (Lipinski definition) is 0. The van der Waals surface area contributed by atoms with E-state index in [4.69, 9.17) is 11.6 Å². The summed E-state index contributed by atoms with van der Waals surface area (Å²) in [6.07, 6.45) is -1.61. The van der Waals surface area contributed by atoms with Crippen molar-refractivity contribution in [1.82, 2.24) is 9.78 Å². The quantitative estimate of drug-likeness (QED) is 0.634. The molecule has 0 saturated heterocycles. The van der Waals surface area contributed by atoms with Gasteiger partial charge < -0.3 is 0 Å². The van der Waals surface area contributed by atoms with Crippen molar-refractivity contribution in [1.29, 1.82) is 0 Å². The molecule has 1 aromatic heterocycles. The lowest BCUT2D eigenvalue weighted by atomic mass is 10.1. The average Bonchev–Trinajstić information content (AvgIpc) is 3.02. The van der Waals surface area contributed by atoms with Gasteiger partial charge in [0.1, 0.15) is 5.69 Å². The Morgan fingerprint density at radius 3 is 2.27 bits per heavy atom. The number of aryl methyl sites for hydroxylation is 1. The molecule has 0 aliphatic carbocycles. The molecule has 2 aromatic carbocycles. The van der Waals surface area contributed by atoms with Crippen LogP contribution in [-0.4, -0.2) is 24.5 Å². The zero-order chi connectivity index (χ0) is 19.1. The van der Waals surface area contributed by atoms with Crippen LogP contribution in [0.25, 0.3) is 16.9 Å². The Morgan fingerprint density at radius 2 is 1.73 bits per heavy atom. The van der Waals surface area contributed by atoms with Crippen LogP contribution in [0.3, 0.4) is 0 Å². The second-order valence-electron chi connectivity index (χ2n) is 5.90. The molecule has 0 aliphatic rings. The SMILES string of the molecule is Cc1cc(-n2nc(C(F)F)cc2-c2ccc(S(C)(=O)=O)cc2)ccc1Cl. The van der Waals surface area contributed by atoms with Gasteiger partial charge in [0.25, 0.3) is 6.43 Å². The Labute approximate surface area is 155 Å². The van der Waals surface area contributed by atoms with E-state index in [0.717, 1.165) is 11.8 Å². The molecular weight excluding hydrogens is 382 g/mol.